The number of amides is 3. The molecule has 11 heteroatoms. The molecule has 0 unspecified atom stereocenters. The molecule has 0 fully saturated rings. The Morgan fingerprint density at radius 1 is 1.03 bits per heavy atom. The Morgan fingerprint density at radius 3 is 2.47 bits per heavy atom. The van der Waals surface area contributed by atoms with E-state index in [1.54, 1.807) is 13.0 Å². The fourth-order valence-corrected chi connectivity index (χ4v) is 3.32. The summed E-state index contributed by atoms with van der Waals surface area (Å²) < 4.78 is 9.93. The maximum Gasteiger partial charge on any atom is 0.338 e. The monoisotopic (exact) mass is 473 g/mol. The zero-order valence-electron chi connectivity index (χ0n) is 16.3. The zero-order valence-corrected chi connectivity index (χ0v) is 17.9. The Hall–Kier alpha value is -3.69. The minimum Gasteiger partial charge on any atom is -0.452 e. The number of fused-ring (bicyclic) bond motifs is 1. The minimum atomic E-state index is -0.840. The summed E-state index contributed by atoms with van der Waals surface area (Å²) in [5.74, 6) is -2.19. The molecule has 0 aliphatic carbocycles. The summed E-state index contributed by atoms with van der Waals surface area (Å²) in [5, 5.41) is 6.80. The van der Waals surface area contributed by atoms with E-state index in [9.17, 15) is 19.2 Å². The average Bonchev–Trinajstić information content (AvgIpc) is 3.29. The lowest BCUT2D eigenvalue weighted by molar-refractivity contribution is -0.119. The fraction of sp³-hybridized carbons (Fsp3) is 0.0952. The maximum atomic E-state index is 12.7. The molecule has 0 saturated heterocycles. The summed E-state index contributed by atoms with van der Waals surface area (Å²) in [6, 6.07) is 9.87. The molecule has 1 aliphatic heterocycles. The van der Waals surface area contributed by atoms with Gasteiger partial charge in [-0.3, -0.25) is 14.4 Å². The van der Waals surface area contributed by atoms with E-state index >= 15 is 0 Å². The first-order valence-corrected chi connectivity index (χ1v) is 9.88. The number of hydrogen-bond donors (Lipinski definition) is 1. The van der Waals surface area contributed by atoms with Gasteiger partial charge >= 0.3 is 5.97 Å². The topological polar surface area (TPSA) is 119 Å². The molecule has 32 heavy (non-hydrogen) atoms. The number of carbonyl (C=O) groups excluding carboxylic acids is 4. The van der Waals surface area contributed by atoms with E-state index in [4.69, 9.17) is 32.5 Å². The highest BCUT2D eigenvalue weighted by Gasteiger charge is 2.38. The Balaban J connectivity index is 1.43. The number of ether oxygens (including phenoxy) is 1. The third-order valence-electron chi connectivity index (χ3n) is 4.50. The smallest absolute Gasteiger partial charge is 0.338 e. The normalized spacial score (nSPS) is 12.7. The summed E-state index contributed by atoms with van der Waals surface area (Å²) in [6.07, 6.45) is 0. The molecule has 0 atom stereocenters. The number of nitrogens with one attached hydrogen (secondary N) is 1. The second kappa shape index (κ2) is 8.45. The second-order valence-electron chi connectivity index (χ2n) is 6.76. The van der Waals surface area contributed by atoms with Crippen LogP contribution in [0.25, 0.3) is 0 Å². The molecule has 3 amide bonds. The summed E-state index contributed by atoms with van der Waals surface area (Å²) in [4.78, 5) is 50.5. The molecule has 1 aliphatic rings. The van der Waals surface area contributed by atoms with Crippen molar-refractivity contribution in [3.05, 3.63) is 75.0 Å². The number of aryl methyl sites for hydroxylation is 1. The highest BCUT2D eigenvalue weighted by atomic mass is 35.5. The van der Waals surface area contributed by atoms with Crippen LogP contribution in [0, 0.1) is 6.92 Å². The van der Waals surface area contributed by atoms with Crippen LogP contribution in [0.4, 0.5) is 11.5 Å². The molecule has 1 N–H and O–H groups in total. The largest absolute Gasteiger partial charge is 0.452 e. The van der Waals surface area contributed by atoms with Crippen LogP contribution in [0.5, 0.6) is 0 Å². The summed E-state index contributed by atoms with van der Waals surface area (Å²) >= 11 is 11.7. The summed E-state index contributed by atoms with van der Waals surface area (Å²) in [7, 11) is 0. The van der Waals surface area contributed by atoms with Gasteiger partial charge < -0.3 is 14.6 Å². The number of nitrogens with zero attached hydrogens (tertiary/aromatic N) is 2. The van der Waals surface area contributed by atoms with Gasteiger partial charge in [-0.2, -0.15) is 0 Å². The quantitative estimate of drug-likeness (QED) is 0.440. The number of halogens is 2. The highest BCUT2D eigenvalue weighted by molar-refractivity contribution is 6.42. The van der Waals surface area contributed by atoms with E-state index in [1.807, 2.05) is 0 Å². The molecular formula is C21H13Cl2N3O6. The van der Waals surface area contributed by atoms with E-state index in [0.29, 0.717) is 16.5 Å². The molecule has 0 bridgehead atoms. The lowest BCUT2D eigenvalue weighted by Gasteiger charge is -2.08. The molecule has 1 aromatic heterocycles. The van der Waals surface area contributed by atoms with Crippen LogP contribution in [-0.4, -0.2) is 35.5 Å². The van der Waals surface area contributed by atoms with Gasteiger partial charge in [0.1, 0.15) is 5.76 Å². The fourth-order valence-electron chi connectivity index (χ4n) is 3.02. The third-order valence-corrected chi connectivity index (χ3v) is 5.24. The van der Waals surface area contributed by atoms with E-state index < -0.39 is 30.3 Å². The zero-order chi connectivity index (χ0) is 23.0. The van der Waals surface area contributed by atoms with E-state index in [1.165, 1.54) is 36.4 Å². The van der Waals surface area contributed by atoms with Gasteiger partial charge in [0.15, 0.2) is 12.4 Å². The second-order valence-corrected chi connectivity index (χ2v) is 7.57. The molecule has 0 radical (unpaired) electrons. The molecule has 2 aromatic carbocycles. The number of imide groups is 1. The predicted octanol–water partition coefficient (Wildman–Crippen LogP) is 3.89. The molecule has 9 nitrogen and oxygen atoms in total. The van der Waals surface area contributed by atoms with Crippen LogP contribution in [0.1, 0.15) is 36.8 Å². The number of aromatic nitrogens is 1. The third kappa shape index (κ3) is 4.08. The van der Waals surface area contributed by atoms with Crippen molar-refractivity contribution in [1.82, 2.24) is 5.16 Å². The summed E-state index contributed by atoms with van der Waals surface area (Å²) in [5.41, 5.74) is 0.519. The van der Waals surface area contributed by atoms with Crippen LogP contribution in [-0.2, 0) is 9.53 Å². The van der Waals surface area contributed by atoms with Gasteiger partial charge in [-0.15, -0.1) is 0 Å². The van der Waals surface area contributed by atoms with Gasteiger partial charge in [0.2, 0.25) is 0 Å². The Kier molecular flexibility index (Phi) is 5.68. The Labute approximate surface area is 190 Å². The van der Waals surface area contributed by atoms with Crippen molar-refractivity contribution in [3.8, 4) is 0 Å². The molecule has 0 spiro atoms. The molecule has 0 saturated carbocycles. The van der Waals surface area contributed by atoms with Crippen LogP contribution in [0.15, 0.2) is 47.0 Å². The molecule has 162 valence electrons. The lowest BCUT2D eigenvalue weighted by Crippen LogP contribution is -2.29. The lowest BCUT2D eigenvalue weighted by atomic mass is 10.1. The van der Waals surface area contributed by atoms with Gasteiger partial charge in [0.05, 0.1) is 26.7 Å². The SMILES string of the molecule is Cc1cc(N2C(=O)c3ccc(C(=O)OCC(=O)Nc4ccc(Cl)c(Cl)c4)cc3C2=O)no1. The summed E-state index contributed by atoms with van der Waals surface area (Å²) in [6.45, 7) is 1.05. The van der Waals surface area contributed by atoms with Crippen LogP contribution >= 0.6 is 23.2 Å². The van der Waals surface area contributed by atoms with Crippen molar-refractivity contribution in [1.29, 1.82) is 0 Å². The van der Waals surface area contributed by atoms with Crippen molar-refractivity contribution in [2.75, 3.05) is 16.8 Å². The van der Waals surface area contributed by atoms with Gasteiger partial charge in [0, 0.05) is 11.8 Å². The van der Waals surface area contributed by atoms with Gasteiger partial charge in [-0.25, -0.2) is 9.69 Å². The van der Waals surface area contributed by atoms with E-state index in [-0.39, 0.29) is 27.5 Å². The Bertz CT molecular complexity index is 1290. The molecule has 4 rings (SSSR count). The van der Waals surface area contributed by atoms with Crippen LogP contribution in [0.3, 0.4) is 0 Å². The molecular weight excluding hydrogens is 461 g/mol. The van der Waals surface area contributed by atoms with E-state index in [2.05, 4.69) is 10.5 Å². The molecule has 2 heterocycles. The van der Waals surface area contributed by atoms with E-state index in [0.717, 1.165) is 4.90 Å². The van der Waals surface area contributed by atoms with Crippen molar-refractivity contribution < 1.29 is 28.4 Å². The van der Waals surface area contributed by atoms with Crippen LogP contribution < -0.4 is 10.2 Å². The van der Waals surface area contributed by atoms with Crippen molar-refractivity contribution in [2.24, 2.45) is 0 Å². The number of esters is 1. The predicted molar refractivity (Wildman–Crippen MR) is 114 cm³/mol. The minimum absolute atomic E-state index is 0.00502. The number of benzene rings is 2. The van der Waals surface area contributed by atoms with Crippen molar-refractivity contribution >= 4 is 58.4 Å². The number of anilines is 2. The first-order chi connectivity index (χ1) is 15.2. The van der Waals surface area contributed by atoms with Crippen molar-refractivity contribution in [3.63, 3.8) is 0 Å². The standard InChI is InChI=1S/C21H13Cl2N3O6/c1-10-6-17(25-32-10)26-19(28)13-4-2-11(7-14(13)20(26)29)21(30)31-9-18(27)24-12-3-5-15(22)16(23)8-12/h2-8H,9H2,1H3,(H,24,27). The average molecular weight is 474 g/mol. The van der Waals surface area contributed by atoms with Gasteiger partial charge in [-0.1, -0.05) is 28.4 Å². The molecule has 3 aromatic rings. The van der Waals surface area contributed by atoms with Gasteiger partial charge in [0.25, 0.3) is 17.7 Å². The number of carbonyl (C=O) groups is 4. The number of hydrogen-bond acceptors (Lipinski definition) is 7. The maximum absolute atomic E-state index is 12.7. The van der Waals surface area contributed by atoms with Crippen molar-refractivity contribution in [2.45, 2.75) is 6.92 Å². The Morgan fingerprint density at radius 2 is 1.78 bits per heavy atom. The number of rotatable bonds is 5. The first-order valence-electron chi connectivity index (χ1n) is 9.13. The van der Waals surface area contributed by atoms with Crippen LogP contribution in [0.2, 0.25) is 10.0 Å². The van der Waals surface area contributed by atoms with Gasteiger partial charge in [-0.05, 0) is 43.3 Å². The first kappa shape index (κ1) is 21.5. The highest BCUT2D eigenvalue weighted by Crippen LogP contribution is 2.29.